The summed E-state index contributed by atoms with van der Waals surface area (Å²) in [6.07, 6.45) is 1.65. The minimum Gasteiger partial charge on any atom is -0.339 e. The smallest absolute Gasteiger partial charge is 0.190 e. The van der Waals surface area contributed by atoms with Crippen molar-refractivity contribution in [1.29, 1.82) is 0 Å². The molecule has 0 bridgehead atoms. The summed E-state index contributed by atoms with van der Waals surface area (Å²) in [5.74, 6) is 0.371. The number of H-pyrrole nitrogens is 1. The fraction of sp³-hybridized carbons (Fsp3) is 0.400. The van der Waals surface area contributed by atoms with E-state index in [1.165, 1.54) is 12.1 Å². The molecule has 0 aliphatic heterocycles. The third-order valence-electron chi connectivity index (χ3n) is 4.87. The fourth-order valence-corrected chi connectivity index (χ4v) is 4.45. The first-order valence-electron chi connectivity index (χ1n) is 8.94. The van der Waals surface area contributed by atoms with Crippen molar-refractivity contribution in [3.63, 3.8) is 0 Å². The van der Waals surface area contributed by atoms with Gasteiger partial charge in [0.25, 0.3) is 0 Å². The topological polar surface area (TPSA) is 80.6 Å². The Kier molecular flexibility index (Phi) is 4.96. The quantitative estimate of drug-likeness (QED) is 0.675. The van der Waals surface area contributed by atoms with Crippen LogP contribution in [0, 0.1) is 0 Å². The molecular weight excluding hydrogens is 396 g/mol. The molecule has 0 aliphatic carbocycles. The van der Waals surface area contributed by atoms with Gasteiger partial charge in [0.2, 0.25) is 0 Å². The standard InChI is InChI=1S/C20H25ClN4O2S/c1-19(2,3)17-11-16(25(6)24-17)15-12-22-18(23-15)20(4,5)28(26,27)14-9-7-13(21)8-10-14/h7-12H,1-6H3,(H,22,23). The van der Waals surface area contributed by atoms with Crippen LogP contribution in [0.3, 0.4) is 0 Å². The Bertz CT molecular complexity index is 1100. The van der Waals surface area contributed by atoms with Crippen LogP contribution in [0.2, 0.25) is 5.02 Å². The first-order valence-corrected chi connectivity index (χ1v) is 10.8. The second-order valence-corrected chi connectivity index (χ2v) is 11.3. The first-order chi connectivity index (χ1) is 12.8. The number of nitrogens with zero attached hydrogens (tertiary/aromatic N) is 3. The summed E-state index contributed by atoms with van der Waals surface area (Å²) < 4.78 is 26.9. The number of hydrogen-bond acceptors (Lipinski definition) is 4. The Labute approximate surface area is 170 Å². The van der Waals surface area contributed by atoms with Crippen LogP contribution in [0.5, 0.6) is 0 Å². The van der Waals surface area contributed by atoms with Crippen LogP contribution >= 0.6 is 11.6 Å². The molecule has 0 atom stereocenters. The molecule has 0 saturated carbocycles. The highest BCUT2D eigenvalue weighted by atomic mass is 35.5. The molecule has 3 aromatic rings. The van der Waals surface area contributed by atoms with Gasteiger partial charge in [-0.1, -0.05) is 32.4 Å². The predicted molar refractivity (Wildman–Crippen MR) is 111 cm³/mol. The van der Waals surface area contributed by atoms with Gasteiger partial charge in [0.05, 0.1) is 28.2 Å². The number of rotatable bonds is 4. The van der Waals surface area contributed by atoms with E-state index in [-0.39, 0.29) is 10.3 Å². The zero-order valence-electron chi connectivity index (χ0n) is 16.9. The largest absolute Gasteiger partial charge is 0.339 e. The van der Waals surface area contributed by atoms with Gasteiger partial charge in [-0.2, -0.15) is 5.10 Å². The highest BCUT2D eigenvalue weighted by Gasteiger charge is 2.40. The van der Waals surface area contributed by atoms with E-state index in [0.29, 0.717) is 10.8 Å². The van der Waals surface area contributed by atoms with Crippen LogP contribution in [0.15, 0.2) is 41.4 Å². The number of halogens is 1. The highest BCUT2D eigenvalue weighted by Crippen LogP contribution is 2.35. The Balaban J connectivity index is 2.01. The van der Waals surface area contributed by atoms with Crippen molar-refractivity contribution in [2.24, 2.45) is 7.05 Å². The van der Waals surface area contributed by atoms with Gasteiger partial charge in [0, 0.05) is 17.5 Å². The van der Waals surface area contributed by atoms with Crippen molar-refractivity contribution < 1.29 is 8.42 Å². The Morgan fingerprint density at radius 1 is 1.07 bits per heavy atom. The van der Waals surface area contributed by atoms with Crippen LogP contribution in [0.25, 0.3) is 11.4 Å². The number of aromatic nitrogens is 4. The van der Waals surface area contributed by atoms with Crippen molar-refractivity contribution in [2.75, 3.05) is 0 Å². The van der Waals surface area contributed by atoms with Gasteiger partial charge in [-0.25, -0.2) is 13.4 Å². The average molecular weight is 421 g/mol. The number of imidazole rings is 1. The Hall–Kier alpha value is -2.12. The molecule has 1 aromatic carbocycles. The lowest BCUT2D eigenvalue weighted by Gasteiger charge is -2.22. The molecule has 0 amide bonds. The zero-order valence-corrected chi connectivity index (χ0v) is 18.5. The summed E-state index contributed by atoms with van der Waals surface area (Å²) in [7, 11) is -1.82. The van der Waals surface area contributed by atoms with E-state index in [1.54, 1.807) is 36.9 Å². The number of aryl methyl sites for hydroxylation is 1. The maximum Gasteiger partial charge on any atom is 0.190 e. The molecule has 0 spiro atoms. The molecule has 28 heavy (non-hydrogen) atoms. The monoisotopic (exact) mass is 420 g/mol. The third-order valence-corrected chi connectivity index (χ3v) is 7.55. The number of sulfone groups is 1. The highest BCUT2D eigenvalue weighted by molar-refractivity contribution is 7.92. The predicted octanol–water partition coefficient (Wildman–Crippen LogP) is 4.47. The second-order valence-electron chi connectivity index (χ2n) is 8.40. The van der Waals surface area contributed by atoms with Gasteiger partial charge in [-0.3, -0.25) is 4.68 Å². The number of aromatic amines is 1. The molecule has 6 nitrogen and oxygen atoms in total. The average Bonchev–Trinajstić information content (AvgIpc) is 3.21. The minimum absolute atomic E-state index is 0.0872. The van der Waals surface area contributed by atoms with E-state index >= 15 is 0 Å². The molecule has 8 heteroatoms. The molecule has 2 heterocycles. The molecule has 0 saturated heterocycles. The van der Waals surface area contributed by atoms with Crippen molar-refractivity contribution in [3.8, 4) is 11.4 Å². The van der Waals surface area contributed by atoms with Crippen LogP contribution in [-0.4, -0.2) is 28.2 Å². The summed E-state index contributed by atoms with van der Waals surface area (Å²) in [6, 6.07) is 8.17. The van der Waals surface area contributed by atoms with Crippen molar-refractivity contribution in [3.05, 3.63) is 53.1 Å². The molecule has 0 fully saturated rings. The summed E-state index contributed by atoms with van der Waals surface area (Å²) in [6.45, 7) is 9.57. The van der Waals surface area contributed by atoms with Crippen LogP contribution in [0.4, 0.5) is 0 Å². The molecular formula is C20H25ClN4O2S. The summed E-state index contributed by atoms with van der Waals surface area (Å²) in [5.41, 5.74) is 2.44. The van der Waals surface area contributed by atoms with Crippen molar-refractivity contribution in [1.82, 2.24) is 19.7 Å². The second kappa shape index (κ2) is 6.74. The SMILES string of the molecule is Cn1nc(C(C)(C)C)cc1-c1cnc(C(C)(C)S(=O)(=O)c2ccc(Cl)cc2)[nH]1. The summed E-state index contributed by atoms with van der Waals surface area (Å²) in [5, 5.41) is 5.06. The molecule has 0 aliphatic rings. The first kappa shape index (κ1) is 20.6. The molecule has 0 radical (unpaired) electrons. The number of hydrogen-bond donors (Lipinski definition) is 1. The van der Waals surface area contributed by atoms with Crippen molar-refractivity contribution >= 4 is 21.4 Å². The Morgan fingerprint density at radius 2 is 1.68 bits per heavy atom. The van der Waals surface area contributed by atoms with E-state index in [0.717, 1.165) is 17.1 Å². The number of nitrogens with one attached hydrogen (secondary N) is 1. The van der Waals surface area contributed by atoms with E-state index < -0.39 is 14.6 Å². The fourth-order valence-electron chi connectivity index (χ4n) is 2.88. The normalized spacial score (nSPS) is 13.1. The van der Waals surface area contributed by atoms with Crippen LogP contribution < -0.4 is 0 Å². The lowest BCUT2D eigenvalue weighted by Crippen LogP contribution is -2.30. The summed E-state index contributed by atoms with van der Waals surface area (Å²) >= 11 is 5.89. The summed E-state index contributed by atoms with van der Waals surface area (Å²) in [4.78, 5) is 7.77. The third kappa shape index (κ3) is 3.49. The van der Waals surface area contributed by atoms with Gasteiger partial charge in [-0.05, 0) is 44.2 Å². The molecule has 0 unspecified atom stereocenters. The van der Waals surface area contributed by atoms with Crippen LogP contribution in [0.1, 0.15) is 46.1 Å². The van der Waals surface area contributed by atoms with Gasteiger partial charge < -0.3 is 4.98 Å². The van der Waals surface area contributed by atoms with Gasteiger partial charge in [-0.15, -0.1) is 0 Å². The van der Waals surface area contributed by atoms with E-state index in [2.05, 4.69) is 35.8 Å². The minimum atomic E-state index is -3.68. The van der Waals surface area contributed by atoms with E-state index in [1.807, 2.05) is 13.1 Å². The molecule has 3 rings (SSSR count). The van der Waals surface area contributed by atoms with Gasteiger partial charge in [0.15, 0.2) is 9.84 Å². The van der Waals surface area contributed by atoms with E-state index in [9.17, 15) is 8.42 Å². The van der Waals surface area contributed by atoms with Gasteiger partial charge >= 0.3 is 0 Å². The Morgan fingerprint density at radius 3 is 2.21 bits per heavy atom. The van der Waals surface area contributed by atoms with Crippen LogP contribution in [-0.2, 0) is 27.0 Å². The number of benzene rings is 1. The maximum atomic E-state index is 13.2. The van der Waals surface area contributed by atoms with Crippen molar-refractivity contribution in [2.45, 2.75) is 49.7 Å². The van der Waals surface area contributed by atoms with E-state index in [4.69, 9.17) is 11.6 Å². The van der Waals surface area contributed by atoms with Gasteiger partial charge in [0.1, 0.15) is 10.6 Å². The molecule has 1 N–H and O–H groups in total. The maximum absolute atomic E-state index is 13.2. The molecule has 2 aromatic heterocycles. The zero-order chi connectivity index (χ0) is 20.9. The lowest BCUT2D eigenvalue weighted by molar-refractivity contribution is 0.545. The molecule has 150 valence electrons. The lowest BCUT2D eigenvalue weighted by atomic mass is 9.92.